The zero-order valence-electron chi connectivity index (χ0n) is 23.3. The topological polar surface area (TPSA) is 54.0 Å². The highest BCUT2D eigenvalue weighted by Gasteiger charge is 2.51. The molecule has 2 aliphatic heterocycles. The zero-order chi connectivity index (χ0) is 28.0. The molecular weight excluding hydrogens is 532 g/mol. The third kappa shape index (κ3) is 6.53. The molecule has 1 saturated heterocycles. The molecule has 0 bridgehead atoms. The lowest BCUT2D eigenvalue weighted by molar-refractivity contribution is -0.244. The lowest BCUT2D eigenvalue weighted by atomic mass is 9.83. The molecule has 0 aliphatic carbocycles. The Morgan fingerprint density at radius 2 is 1.27 bits per heavy atom. The van der Waals surface area contributed by atoms with Crippen LogP contribution in [0.3, 0.4) is 0 Å². The van der Waals surface area contributed by atoms with Crippen molar-refractivity contribution >= 4 is 10.8 Å². The fourth-order valence-electron chi connectivity index (χ4n) is 5.90. The van der Waals surface area contributed by atoms with Crippen molar-refractivity contribution in [1.82, 2.24) is 0 Å². The van der Waals surface area contributed by atoms with Crippen LogP contribution in [0.2, 0.25) is 0 Å². The van der Waals surface area contributed by atoms with Gasteiger partial charge < -0.3 is 18.9 Å². The van der Waals surface area contributed by atoms with E-state index in [1.807, 2.05) is 73.7 Å². The summed E-state index contributed by atoms with van der Waals surface area (Å²) in [5, 5.41) is 0. The van der Waals surface area contributed by atoms with E-state index in [1.54, 1.807) is 0 Å². The summed E-state index contributed by atoms with van der Waals surface area (Å²) in [4.78, 5) is 0.892. The summed E-state index contributed by atoms with van der Waals surface area (Å²) < 4.78 is 40.1. The normalized spacial score (nSPS) is 25.3. The van der Waals surface area contributed by atoms with E-state index in [2.05, 4.69) is 42.5 Å². The first-order valence-corrected chi connectivity index (χ1v) is 15.6. The number of rotatable bonds is 10. The maximum atomic E-state index is 13.6. The quantitative estimate of drug-likeness (QED) is 0.217. The molecule has 1 unspecified atom stereocenters. The summed E-state index contributed by atoms with van der Waals surface area (Å²) in [7, 11) is -1.16. The molecule has 0 radical (unpaired) electrons. The first kappa shape index (κ1) is 28.0. The molecule has 4 aromatic carbocycles. The first-order valence-electron chi connectivity index (χ1n) is 14.2. The van der Waals surface area contributed by atoms with Crippen molar-refractivity contribution in [1.29, 1.82) is 0 Å². The number of fused-ring (bicyclic) bond motifs is 3. The Labute approximate surface area is 244 Å². The van der Waals surface area contributed by atoms with Gasteiger partial charge in [0.15, 0.2) is 0 Å². The van der Waals surface area contributed by atoms with E-state index < -0.39 is 16.9 Å². The van der Waals surface area contributed by atoms with Gasteiger partial charge >= 0.3 is 0 Å². The molecule has 6 heteroatoms. The molecule has 0 N–H and O–H groups in total. The zero-order valence-corrected chi connectivity index (χ0v) is 24.1. The van der Waals surface area contributed by atoms with Gasteiger partial charge in [-0.05, 0) is 34.7 Å². The van der Waals surface area contributed by atoms with E-state index in [0.717, 1.165) is 32.7 Å². The van der Waals surface area contributed by atoms with Gasteiger partial charge in [-0.2, -0.15) is 0 Å². The van der Waals surface area contributed by atoms with E-state index in [1.165, 1.54) is 0 Å². The largest absolute Gasteiger partial charge is 0.374 e. The average Bonchev–Trinajstić information content (AvgIpc) is 3.01. The molecular formula is C35H36O5S. The van der Waals surface area contributed by atoms with Crippen LogP contribution in [-0.4, -0.2) is 34.9 Å². The molecule has 41 heavy (non-hydrogen) atoms. The molecule has 0 aromatic heterocycles. The van der Waals surface area contributed by atoms with Crippen LogP contribution < -0.4 is 0 Å². The Hall–Kier alpha value is -3.13. The van der Waals surface area contributed by atoms with Gasteiger partial charge in [0, 0.05) is 16.6 Å². The van der Waals surface area contributed by atoms with Crippen molar-refractivity contribution in [2.75, 3.05) is 12.4 Å². The summed E-state index contributed by atoms with van der Waals surface area (Å²) in [6, 6.07) is 36.6. The third-order valence-electron chi connectivity index (χ3n) is 7.91. The second-order valence-corrected chi connectivity index (χ2v) is 12.2. The molecule has 0 spiro atoms. The lowest BCUT2D eigenvalue weighted by Gasteiger charge is -2.48. The van der Waals surface area contributed by atoms with Crippen molar-refractivity contribution in [2.24, 2.45) is 5.92 Å². The highest BCUT2D eigenvalue weighted by atomic mass is 32.2. The number of hydrogen-bond donors (Lipinski definition) is 0. The van der Waals surface area contributed by atoms with E-state index in [9.17, 15) is 4.21 Å². The predicted octanol–water partition coefficient (Wildman–Crippen LogP) is 6.56. The van der Waals surface area contributed by atoms with Crippen LogP contribution in [0.15, 0.2) is 114 Å². The smallest absolute Gasteiger partial charge is 0.113 e. The summed E-state index contributed by atoms with van der Waals surface area (Å²) >= 11 is 0. The van der Waals surface area contributed by atoms with Crippen molar-refractivity contribution in [3.8, 4) is 0 Å². The summed E-state index contributed by atoms with van der Waals surface area (Å²) in [5.74, 6) is 0.338. The Kier molecular flexibility index (Phi) is 9.04. The van der Waals surface area contributed by atoms with Crippen LogP contribution in [0, 0.1) is 12.8 Å². The minimum absolute atomic E-state index is 0.125. The maximum Gasteiger partial charge on any atom is 0.113 e. The third-order valence-corrected chi connectivity index (χ3v) is 9.61. The Morgan fingerprint density at radius 3 is 1.88 bits per heavy atom. The second kappa shape index (κ2) is 13.2. The number of aryl methyl sites for hydroxylation is 1. The average molecular weight is 569 g/mol. The van der Waals surface area contributed by atoms with Gasteiger partial charge in [-0.1, -0.05) is 109 Å². The Morgan fingerprint density at radius 1 is 0.707 bits per heavy atom. The van der Waals surface area contributed by atoms with Crippen LogP contribution in [0.5, 0.6) is 0 Å². The minimum Gasteiger partial charge on any atom is -0.374 e. The van der Waals surface area contributed by atoms with Crippen molar-refractivity contribution in [3.63, 3.8) is 0 Å². The SMILES string of the molecule is Cc1cccc2c1S(=O)C[C@H]1[C@@H](OCc3ccccc3)[C@H](OCc3ccccc3)[C@@H](COCc3ccccc3)O[C@@H]21. The Balaban J connectivity index is 1.32. The van der Waals surface area contributed by atoms with Gasteiger partial charge in [-0.3, -0.25) is 4.21 Å². The molecule has 0 saturated carbocycles. The lowest BCUT2D eigenvalue weighted by Crippen LogP contribution is -2.57. The molecule has 6 atom stereocenters. The van der Waals surface area contributed by atoms with Crippen molar-refractivity contribution in [2.45, 2.75) is 56.1 Å². The second-order valence-electron chi connectivity index (χ2n) is 10.8. The molecule has 2 heterocycles. The fraction of sp³-hybridized carbons (Fsp3) is 0.314. The maximum absolute atomic E-state index is 13.6. The number of ether oxygens (including phenoxy) is 4. The molecule has 5 nitrogen and oxygen atoms in total. The number of hydrogen-bond acceptors (Lipinski definition) is 5. The predicted molar refractivity (Wildman–Crippen MR) is 160 cm³/mol. The van der Waals surface area contributed by atoms with Gasteiger partial charge in [0.05, 0.1) is 49.4 Å². The standard InChI is InChI=1S/C35H36O5S/c1-25-12-11-19-29-32-30(24-41(36)35(25)29)33(38-21-27-15-7-3-8-16-27)34(39-22-28-17-9-4-10-18-28)31(40-32)23-37-20-26-13-5-2-6-14-26/h2-19,30-34H,20-24H2,1H3/t30-,31-,32+,33-,34-,41?/m1/s1. The fourth-order valence-corrected chi connectivity index (χ4v) is 7.66. The summed E-state index contributed by atoms with van der Waals surface area (Å²) in [6.45, 7) is 3.72. The molecule has 2 aliphatic rings. The highest BCUT2D eigenvalue weighted by molar-refractivity contribution is 7.85. The van der Waals surface area contributed by atoms with Crippen LogP contribution in [-0.2, 0) is 49.6 Å². The van der Waals surface area contributed by atoms with E-state index in [0.29, 0.717) is 32.2 Å². The molecule has 0 amide bonds. The van der Waals surface area contributed by atoms with Gasteiger partial charge in [0.25, 0.3) is 0 Å². The van der Waals surface area contributed by atoms with Crippen LogP contribution in [0.25, 0.3) is 0 Å². The number of benzene rings is 4. The van der Waals surface area contributed by atoms with Crippen molar-refractivity contribution in [3.05, 3.63) is 137 Å². The molecule has 4 aromatic rings. The van der Waals surface area contributed by atoms with Gasteiger partial charge in [-0.25, -0.2) is 0 Å². The van der Waals surface area contributed by atoms with Crippen LogP contribution in [0.4, 0.5) is 0 Å². The van der Waals surface area contributed by atoms with Crippen LogP contribution in [0.1, 0.15) is 33.9 Å². The minimum atomic E-state index is -1.16. The van der Waals surface area contributed by atoms with Gasteiger partial charge in [-0.15, -0.1) is 0 Å². The Bertz CT molecular complexity index is 1430. The van der Waals surface area contributed by atoms with Gasteiger partial charge in [0.2, 0.25) is 0 Å². The molecule has 1 fully saturated rings. The van der Waals surface area contributed by atoms with Crippen LogP contribution >= 0.6 is 0 Å². The first-order chi connectivity index (χ1) is 20.2. The summed E-state index contributed by atoms with van der Waals surface area (Å²) in [5.41, 5.74) is 5.29. The van der Waals surface area contributed by atoms with E-state index in [-0.39, 0.29) is 24.2 Å². The monoisotopic (exact) mass is 568 g/mol. The van der Waals surface area contributed by atoms with Crippen molar-refractivity contribution < 1.29 is 23.2 Å². The highest BCUT2D eigenvalue weighted by Crippen LogP contribution is 2.46. The van der Waals surface area contributed by atoms with Gasteiger partial charge in [0.1, 0.15) is 12.2 Å². The van der Waals surface area contributed by atoms with E-state index >= 15 is 0 Å². The molecule has 6 rings (SSSR count). The molecule has 212 valence electrons. The summed E-state index contributed by atoms with van der Waals surface area (Å²) in [6.07, 6.45) is -1.37. The van der Waals surface area contributed by atoms with E-state index in [4.69, 9.17) is 18.9 Å².